The first kappa shape index (κ1) is 20.5. The van der Waals surface area contributed by atoms with E-state index in [1.54, 1.807) is 48.5 Å². The summed E-state index contributed by atoms with van der Waals surface area (Å²) in [7, 11) is -3.85. The van der Waals surface area contributed by atoms with Crippen LogP contribution in [0.5, 0.6) is 5.75 Å². The molecule has 0 atom stereocenters. The van der Waals surface area contributed by atoms with Crippen LogP contribution in [0.15, 0.2) is 82.6 Å². The third-order valence-corrected chi connectivity index (χ3v) is 6.17. The van der Waals surface area contributed by atoms with Crippen molar-refractivity contribution in [1.29, 1.82) is 0 Å². The van der Waals surface area contributed by atoms with E-state index in [1.807, 2.05) is 0 Å². The fraction of sp³-hybridized carbons (Fsp3) is 0.136. The largest absolute Gasteiger partial charge is 0.491 e. The molecule has 150 valence electrons. The van der Waals surface area contributed by atoms with Crippen LogP contribution in [0.2, 0.25) is 0 Å². The lowest BCUT2D eigenvalue weighted by molar-refractivity contribution is -0.136. The molecule has 0 aliphatic rings. The van der Waals surface area contributed by atoms with Gasteiger partial charge in [-0.1, -0.05) is 42.5 Å². The number of sulfone groups is 1. The molecule has 0 heterocycles. The predicted molar refractivity (Wildman–Crippen MR) is 107 cm³/mol. The molecule has 1 N–H and O–H groups in total. The lowest BCUT2D eigenvalue weighted by Gasteiger charge is -2.10. The maximum absolute atomic E-state index is 13.0. The van der Waals surface area contributed by atoms with Crippen LogP contribution in [0.4, 0.5) is 4.39 Å². The van der Waals surface area contributed by atoms with Gasteiger partial charge in [0.15, 0.2) is 0 Å². The average Bonchev–Trinajstić information content (AvgIpc) is 2.72. The van der Waals surface area contributed by atoms with Gasteiger partial charge in [0, 0.05) is 0 Å². The summed E-state index contributed by atoms with van der Waals surface area (Å²) >= 11 is 0. The van der Waals surface area contributed by atoms with E-state index < -0.39 is 22.5 Å². The summed E-state index contributed by atoms with van der Waals surface area (Å²) in [5.74, 6) is -0.539. The van der Waals surface area contributed by atoms with Crippen molar-refractivity contribution in [2.75, 3.05) is 13.3 Å². The lowest BCUT2D eigenvalue weighted by Crippen LogP contribution is -2.09. The molecule has 29 heavy (non-hydrogen) atoms. The van der Waals surface area contributed by atoms with Gasteiger partial charge in [0.25, 0.3) is 0 Å². The summed E-state index contributed by atoms with van der Waals surface area (Å²) in [4.78, 5) is 11.1. The summed E-state index contributed by atoms with van der Waals surface area (Å²) in [5.41, 5.74) is 1.90. The zero-order chi connectivity index (χ0) is 20.9. The Morgan fingerprint density at radius 1 is 0.897 bits per heavy atom. The molecule has 0 amide bonds. The minimum atomic E-state index is -3.85. The molecule has 0 bridgehead atoms. The van der Waals surface area contributed by atoms with Crippen LogP contribution in [0.1, 0.15) is 5.56 Å². The number of ether oxygens (including phenoxy) is 1. The Hall–Kier alpha value is -3.19. The highest BCUT2D eigenvalue weighted by atomic mass is 32.2. The molecule has 3 rings (SSSR count). The van der Waals surface area contributed by atoms with E-state index in [-0.39, 0.29) is 28.4 Å². The van der Waals surface area contributed by atoms with Gasteiger partial charge in [-0.3, -0.25) is 4.79 Å². The van der Waals surface area contributed by atoms with Crippen molar-refractivity contribution in [2.45, 2.75) is 16.2 Å². The molecule has 0 unspecified atom stereocenters. The number of alkyl halides is 1. The smallest absolute Gasteiger partial charge is 0.307 e. The Morgan fingerprint density at radius 2 is 1.48 bits per heavy atom. The molecular weight excluding hydrogens is 394 g/mol. The highest BCUT2D eigenvalue weighted by Gasteiger charge is 2.22. The second-order valence-electron chi connectivity index (χ2n) is 6.27. The summed E-state index contributed by atoms with van der Waals surface area (Å²) in [5, 5.41) is 9.04. The predicted octanol–water partition coefficient (Wildman–Crippen LogP) is 4.16. The van der Waals surface area contributed by atoms with E-state index in [2.05, 4.69) is 0 Å². The number of hydrogen-bond donors (Lipinski definition) is 1. The fourth-order valence-corrected chi connectivity index (χ4v) is 4.42. The van der Waals surface area contributed by atoms with E-state index in [1.165, 1.54) is 24.3 Å². The number of rotatable bonds is 8. The van der Waals surface area contributed by atoms with Gasteiger partial charge in [0.1, 0.15) is 19.0 Å². The minimum Gasteiger partial charge on any atom is -0.491 e. The van der Waals surface area contributed by atoms with Gasteiger partial charge < -0.3 is 9.84 Å². The number of carboxylic acids is 1. The van der Waals surface area contributed by atoms with Gasteiger partial charge in [-0.2, -0.15) is 0 Å². The molecule has 0 spiro atoms. The molecule has 0 aliphatic heterocycles. The van der Waals surface area contributed by atoms with Gasteiger partial charge in [0.05, 0.1) is 16.2 Å². The van der Waals surface area contributed by atoms with Crippen LogP contribution in [-0.4, -0.2) is 32.8 Å². The zero-order valence-electron chi connectivity index (χ0n) is 15.4. The number of aliphatic carboxylic acids is 1. The summed E-state index contributed by atoms with van der Waals surface area (Å²) < 4.78 is 43.3. The Balaban J connectivity index is 1.87. The molecule has 0 aliphatic carbocycles. The highest BCUT2D eigenvalue weighted by molar-refractivity contribution is 7.91. The average molecular weight is 413 g/mol. The maximum Gasteiger partial charge on any atom is 0.307 e. The third-order valence-electron chi connectivity index (χ3n) is 4.30. The molecule has 0 radical (unpaired) electrons. The lowest BCUT2D eigenvalue weighted by atomic mass is 10.1. The molecule has 3 aromatic rings. The monoisotopic (exact) mass is 413 g/mol. The van der Waals surface area contributed by atoms with Crippen molar-refractivity contribution < 1.29 is 27.4 Å². The van der Waals surface area contributed by atoms with Crippen molar-refractivity contribution in [3.8, 4) is 16.9 Å². The molecule has 0 aromatic heterocycles. The molecular formula is C22H19FO5S. The number of hydrogen-bond acceptors (Lipinski definition) is 4. The third kappa shape index (κ3) is 4.81. The van der Waals surface area contributed by atoms with Crippen LogP contribution >= 0.6 is 0 Å². The van der Waals surface area contributed by atoms with E-state index in [0.717, 1.165) is 11.1 Å². The molecule has 0 fully saturated rings. The van der Waals surface area contributed by atoms with Crippen LogP contribution in [0.25, 0.3) is 11.1 Å². The van der Waals surface area contributed by atoms with Crippen LogP contribution < -0.4 is 4.74 Å². The fourth-order valence-electron chi connectivity index (χ4n) is 2.93. The number of halogens is 1. The Bertz CT molecular complexity index is 1090. The van der Waals surface area contributed by atoms with Crippen molar-refractivity contribution in [3.05, 3.63) is 78.4 Å². The molecule has 0 saturated heterocycles. The van der Waals surface area contributed by atoms with Crippen LogP contribution in [0, 0.1) is 0 Å². The summed E-state index contributed by atoms with van der Waals surface area (Å²) in [6.45, 7) is -0.567. The van der Waals surface area contributed by atoms with Crippen molar-refractivity contribution in [2.24, 2.45) is 0 Å². The number of carbonyl (C=O) groups is 1. The summed E-state index contributed by atoms with van der Waals surface area (Å²) in [6, 6.07) is 19.5. The van der Waals surface area contributed by atoms with Crippen molar-refractivity contribution >= 4 is 15.8 Å². The second-order valence-corrected chi connectivity index (χ2v) is 8.19. The van der Waals surface area contributed by atoms with E-state index in [9.17, 15) is 17.6 Å². The van der Waals surface area contributed by atoms with Gasteiger partial charge >= 0.3 is 5.97 Å². The van der Waals surface area contributed by atoms with E-state index in [0.29, 0.717) is 5.75 Å². The van der Waals surface area contributed by atoms with Gasteiger partial charge in [0.2, 0.25) is 9.84 Å². The highest BCUT2D eigenvalue weighted by Crippen LogP contribution is 2.28. The number of benzene rings is 3. The normalized spacial score (nSPS) is 11.2. The molecule has 3 aromatic carbocycles. The first-order valence-corrected chi connectivity index (χ1v) is 10.3. The first-order chi connectivity index (χ1) is 13.9. The topological polar surface area (TPSA) is 80.7 Å². The quantitative estimate of drug-likeness (QED) is 0.600. The maximum atomic E-state index is 13.0. The first-order valence-electron chi connectivity index (χ1n) is 8.86. The SMILES string of the molecule is O=C(O)Cc1ccccc1S(=O)(=O)c1ccc(-c2ccc(OCC[18F])cc2)cc1. The van der Waals surface area contributed by atoms with E-state index >= 15 is 0 Å². The Kier molecular flexibility index (Phi) is 6.29. The molecule has 5 nitrogen and oxygen atoms in total. The number of carboxylic acid groups (broad SMARTS) is 1. The van der Waals surface area contributed by atoms with Gasteiger partial charge in [-0.25, -0.2) is 12.8 Å². The second kappa shape index (κ2) is 8.87. The Morgan fingerprint density at radius 3 is 2.07 bits per heavy atom. The van der Waals surface area contributed by atoms with Crippen LogP contribution in [-0.2, 0) is 21.1 Å². The standard InChI is InChI=1S/C22H19FO5S/c23-13-14-28-19-9-5-16(6-10-19)17-7-11-20(12-8-17)29(26,27)21-4-2-1-3-18(21)15-22(24)25/h1-12H,13-15H2,(H,24,25)/i23-1. The van der Waals surface area contributed by atoms with Gasteiger partial charge in [-0.15, -0.1) is 0 Å². The van der Waals surface area contributed by atoms with Crippen molar-refractivity contribution in [1.82, 2.24) is 0 Å². The molecule has 0 saturated carbocycles. The van der Waals surface area contributed by atoms with E-state index in [4.69, 9.17) is 9.84 Å². The van der Waals surface area contributed by atoms with Gasteiger partial charge in [-0.05, 0) is 47.0 Å². The Labute approximate surface area is 168 Å². The van der Waals surface area contributed by atoms with Crippen LogP contribution in [0.3, 0.4) is 0 Å². The minimum absolute atomic E-state index is 0.00471. The zero-order valence-corrected chi connectivity index (χ0v) is 16.2. The molecule has 7 heteroatoms. The van der Waals surface area contributed by atoms with Crippen molar-refractivity contribution in [3.63, 3.8) is 0 Å². The summed E-state index contributed by atoms with van der Waals surface area (Å²) in [6.07, 6.45) is -0.371.